The van der Waals surface area contributed by atoms with Gasteiger partial charge in [0.1, 0.15) is 12.1 Å². The molecule has 2 aliphatic heterocycles. The van der Waals surface area contributed by atoms with E-state index < -0.39 is 0 Å². The average Bonchev–Trinajstić information content (AvgIpc) is 2.23. The van der Waals surface area contributed by atoms with Crippen molar-refractivity contribution in [2.24, 2.45) is 5.92 Å². The van der Waals surface area contributed by atoms with E-state index in [1.165, 1.54) is 0 Å². The summed E-state index contributed by atoms with van der Waals surface area (Å²) in [6.45, 7) is 4.68. The van der Waals surface area contributed by atoms with Crippen LogP contribution < -0.4 is 5.32 Å². The van der Waals surface area contributed by atoms with Gasteiger partial charge in [-0.3, -0.25) is 9.59 Å². The molecule has 2 rings (SSSR count). The third-order valence-corrected chi connectivity index (χ3v) is 3.32. The van der Waals surface area contributed by atoms with Gasteiger partial charge in [0.05, 0.1) is 0 Å². The van der Waals surface area contributed by atoms with Crippen molar-refractivity contribution < 1.29 is 9.59 Å². The maximum Gasteiger partial charge on any atom is 0.246 e. The summed E-state index contributed by atoms with van der Waals surface area (Å²) in [6, 6.07) is -0.506. The van der Waals surface area contributed by atoms with E-state index in [-0.39, 0.29) is 29.8 Å². The van der Waals surface area contributed by atoms with Gasteiger partial charge in [-0.2, -0.15) is 0 Å². The first-order valence-corrected chi connectivity index (χ1v) is 5.72. The van der Waals surface area contributed by atoms with Gasteiger partial charge in [-0.05, 0) is 25.2 Å². The van der Waals surface area contributed by atoms with Crippen molar-refractivity contribution in [1.82, 2.24) is 10.2 Å². The summed E-state index contributed by atoms with van der Waals surface area (Å²) in [6.07, 6.45) is 2.90. The lowest BCUT2D eigenvalue weighted by atomic mass is 9.93. The molecule has 2 amide bonds. The Morgan fingerprint density at radius 2 is 2.07 bits per heavy atom. The maximum atomic E-state index is 12.1. The Labute approximate surface area is 90.0 Å². The van der Waals surface area contributed by atoms with Gasteiger partial charge in [0, 0.05) is 6.54 Å². The number of piperazine rings is 1. The molecule has 1 N–H and O–H groups in total. The Morgan fingerprint density at radius 1 is 1.33 bits per heavy atom. The van der Waals surface area contributed by atoms with Crippen LogP contribution in [0.2, 0.25) is 0 Å². The second-order valence-corrected chi connectivity index (χ2v) is 4.77. The van der Waals surface area contributed by atoms with Crippen molar-refractivity contribution in [2.75, 3.05) is 6.54 Å². The number of fused-ring (bicyclic) bond motifs is 1. The zero-order valence-electron chi connectivity index (χ0n) is 9.32. The van der Waals surface area contributed by atoms with E-state index in [1.807, 2.05) is 13.8 Å². The van der Waals surface area contributed by atoms with Crippen LogP contribution in [-0.2, 0) is 9.59 Å². The minimum Gasteiger partial charge on any atom is -0.342 e. The Balaban J connectivity index is 2.19. The molecule has 84 valence electrons. The minimum atomic E-state index is -0.313. The third-order valence-electron chi connectivity index (χ3n) is 3.32. The summed E-state index contributed by atoms with van der Waals surface area (Å²) in [5, 5.41) is 2.83. The molecule has 15 heavy (non-hydrogen) atoms. The van der Waals surface area contributed by atoms with Crippen molar-refractivity contribution in [2.45, 2.75) is 45.2 Å². The first-order valence-electron chi connectivity index (χ1n) is 5.72. The molecule has 2 unspecified atom stereocenters. The fraction of sp³-hybridized carbons (Fsp3) is 0.818. The second kappa shape index (κ2) is 3.83. The largest absolute Gasteiger partial charge is 0.342 e. The second-order valence-electron chi connectivity index (χ2n) is 4.77. The smallest absolute Gasteiger partial charge is 0.246 e. The molecule has 2 heterocycles. The molecule has 2 aliphatic rings. The van der Waals surface area contributed by atoms with Gasteiger partial charge in [0.2, 0.25) is 11.8 Å². The van der Waals surface area contributed by atoms with Gasteiger partial charge in [-0.25, -0.2) is 0 Å². The summed E-state index contributed by atoms with van der Waals surface area (Å²) in [5.41, 5.74) is 0. The molecule has 0 bridgehead atoms. The summed E-state index contributed by atoms with van der Waals surface area (Å²) < 4.78 is 0. The summed E-state index contributed by atoms with van der Waals surface area (Å²) in [5.74, 6) is 0.312. The highest BCUT2D eigenvalue weighted by Crippen LogP contribution is 2.23. The number of nitrogens with one attached hydrogen (secondary N) is 1. The Hall–Kier alpha value is -1.06. The molecule has 0 aromatic rings. The molecule has 2 atom stereocenters. The van der Waals surface area contributed by atoms with E-state index in [2.05, 4.69) is 5.32 Å². The molecule has 0 aliphatic carbocycles. The number of hydrogen-bond acceptors (Lipinski definition) is 2. The lowest BCUT2D eigenvalue weighted by molar-refractivity contribution is -0.152. The molecule has 2 saturated heterocycles. The fourth-order valence-corrected chi connectivity index (χ4v) is 2.41. The molecular weight excluding hydrogens is 192 g/mol. The van der Waals surface area contributed by atoms with Crippen LogP contribution in [0.25, 0.3) is 0 Å². The molecule has 0 radical (unpaired) electrons. The maximum absolute atomic E-state index is 12.1. The predicted octanol–water partition coefficient (Wildman–Crippen LogP) is 0.522. The topological polar surface area (TPSA) is 49.4 Å². The van der Waals surface area contributed by atoms with E-state index in [1.54, 1.807) is 4.90 Å². The quantitative estimate of drug-likeness (QED) is 0.686. The van der Waals surface area contributed by atoms with Crippen LogP contribution in [0.15, 0.2) is 0 Å². The van der Waals surface area contributed by atoms with Crippen molar-refractivity contribution in [3.05, 3.63) is 0 Å². The zero-order valence-corrected chi connectivity index (χ0v) is 9.32. The highest BCUT2D eigenvalue weighted by Gasteiger charge is 2.42. The van der Waals surface area contributed by atoms with Crippen LogP contribution >= 0.6 is 0 Å². The van der Waals surface area contributed by atoms with E-state index in [4.69, 9.17) is 0 Å². The summed E-state index contributed by atoms with van der Waals surface area (Å²) in [7, 11) is 0. The van der Waals surface area contributed by atoms with Crippen LogP contribution in [0.3, 0.4) is 0 Å². The molecular formula is C11H18N2O2. The van der Waals surface area contributed by atoms with Crippen LogP contribution in [0.5, 0.6) is 0 Å². The zero-order chi connectivity index (χ0) is 11.0. The Kier molecular flexibility index (Phi) is 2.67. The molecule has 4 heteroatoms. The van der Waals surface area contributed by atoms with E-state index in [0.29, 0.717) is 0 Å². The number of rotatable bonds is 1. The summed E-state index contributed by atoms with van der Waals surface area (Å²) in [4.78, 5) is 25.6. The van der Waals surface area contributed by atoms with Crippen LogP contribution in [0, 0.1) is 5.92 Å². The molecule has 0 spiro atoms. The molecule has 0 aromatic heterocycles. The summed E-state index contributed by atoms with van der Waals surface area (Å²) >= 11 is 0. The normalized spacial score (nSPS) is 31.5. The standard InChI is InChI=1S/C11H18N2O2/c1-7(2)9-11(15)13-6-4-3-5-8(13)10(14)12-9/h7-9H,3-6H2,1-2H3,(H,12,14). The molecule has 4 nitrogen and oxygen atoms in total. The van der Waals surface area contributed by atoms with Crippen molar-refractivity contribution in [3.8, 4) is 0 Å². The van der Waals surface area contributed by atoms with Gasteiger partial charge >= 0.3 is 0 Å². The average molecular weight is 210 g/mol. The Morgan fingerprint density at radius 3 is 2.73 bits per heavy atom. The number of hydrogen-bond donors (Lipinski definition) is 1. The molecule has 0 aromatic carbocycles. The van der Waals surface area contributed by atoms with Gasteiger partial charge in [0.25, 0.3) is 0 Å². The molecule has 2 fully saturated rings. The van der Waals surface area contributed by atoms with Crippen LogP contribution in [0.1, 0.15) is 33.1 Å². The van der Waals surface area contributed by atoms with E-state index >= 15 is 0 Å². The first kappa shape index (κ1) is 10.5. The van der Waals surface area contributed by atoms with Gasteiger partial charge in [-0.15, -0.1) is 0 Å². The van der Waals surface area contributed by atoms with E-state index in [9.17, 15) is 9.59 Å². The van der Waals surface area contributed by atoms with Gasteiger partial charge in [-0.1, -0.05) is 13.8 Å². The third kappa shape index (κ3) is 1.73. The van der Waals surface area contributed by atoms with Crippen LogP contribution in [-0.4, -0.2) is 35.3 Å². The lowest BCUT2D eigenvalue weighted by Gasteiger charge is -2.42. The molecule has 0 saturated carbocycles. The number of carbonyl (C=O) groups is 2. The Bertz CT molecular complexity index is 288. The van der Waals surface area contributed by atoms with Crippen molar-refractivity contribution >= 4 is 11.8 Å². The van der Waals surface area contributed by atoms with E-state index in [0.717, 1.165) is 25.8 Å². The number of nitrogens with zero attached hydrogens (tertiary/aromatic N) is 1. The van der Waals surface area contributed by atoms with Gasteiger partial charge in [0.15, 0.2) is 0 Å². The van der Waals surface area contributed by atoms with Crippen molar-refractivity contribution in [1.29, 1.82) is 0 Å². The predicted molar refractivity (Wildman–Crippen MR) is 56.1 cm³/mol. The van der Waals surface area contributed by atoms with Gasteiger partial charge < -0.3 is 10.2 Å². The highest BCUT2D eigenvalue weighted by atomic mass is 16.2. The fourth-order valence-electron chi connectivity index (χ4n) is 2.41. The number of carbonyl (C=O) groups excluding carboxylic acids is 2. The number of piperidine rings is 1. The SMILES string of the molecule is CC(C)C1NC(=O)C2CCCCN2C1=O. The highest BCUT2D eigenvalue weighted by molar-refractivity contribution is 5.97. The first-order chi connectivity index (χ1) is 7.11. The lowest BCUT2D eigenvalue weighted by Crippen LogP contribution is -2.65. The monoisotopic (exact) mass is 210 g/mol. The number of amides is 2. The minimum absolute atomic E-state index is 0.0352. The van der Waals surface area contributed by atoms with Crippen LogP contribution in [0.4, 0.5) is 0 Å². The van der Waals surface area contributed by atoms with Crippen molar-refractivity contribution in [3.63, 3.8) is 0 Å².